The Kier molecular flexibility index (Phi) is 7.15. The van der Waals surface area contributed by atoms with Crippen molar-refractivity contribution in [3.63, 3.8) is 0 Å². The maximum atomic E-state index is 5.99. The van der Waals surface area contributed by atoms with Gasteiger partial charge in [0, 0.05) is 32.7 Å². The molecule has 1 saturated carbocycles. The summed E-state index contributed by atoms with van der Waals surface area (Å²) in [5, 5.41) is 0. The van der Waals surface area contributed by atoms with Crippen LogP contribution in [-0.4, -0.2) is 74.7 Å². The van der Waals surface area contributed by atoms with Crippen LogP contribution in [0.5, 0.6) is 5.75 Å². The molecule has 3 fully saturated rings. The maximum Gasteiger partial charge on any atom is 0.119 e. The second kappa shape index (κ2) is 9.80. The van der Waals surface area contributed by atoms with Gasteiger partial charge in [0.2, 0.25) is 0 Å². The predicted molar refractivity (Wildman–Crippen MR) is 120 cm³/mol. The minimum Gasteiger partial charge on any atom is -0.494 e. The SMILES string of the molecule is CN(C)CCCOc1cccc(CN2CCC3(CCCN(CC4CCC4)C3)C2)c1. The number of piperidine rings is 1. The molecule has 2 saturated heterocycles. The molecule has 0 aromatic heterocycles. The molecule has 4 rings (SSSR count). The van der Waals surface area contributed by atoms with Crippen LogP contribution in [0.1, 0.15) is 50.5 Å². The Hall–Kier alpha value is -1.10. The zero-order chi connectivity index (χ0) is 20.1. The van der Waals surface area contributed by atoms with Crippen molar-refractivity contribution in [1.29, 1.82) is 0 Å². The van der Waals surface area contributed by atoms with Gasteiger partial charge in [-0.3, -0.25) is 4.90 Å². The van der Waals surface area contributed by atoms with E-state index in [1.807, 2.05) is 0 Å². The fourth-order valence-electron chi connectivity index (χ4n) is 5.56. The standard InChI is InChI=1S/C25H41N3O/c1-26(2)13-6-16-29-24-10-4-9-23(17-24)19-28-15-12-25(21-28)11-5-14-27(20-25)18-22-7-3-8-22/h4,9-10,17,22H,3,5-8,11-16,18-21H2,1-2H3. The van der Waals surface area contributed by atoms with Gasteiger partial charge in [0.1, 0.15) is 5.75 Å². The summed E-state index contributed by atoms with van der Waals surface area (Å²) < 4.78 is 5.99. The van der Waals surface area contributed by atoms with Crippen LogP contribution in [0.2, 0.25) is 0 Å². The summed E-state index contributed by atoms with van der Waals surface area (Å²) >= 11 is 0. The molecule has 162 valence electrons. The van der Waals surface area contributed by atoms with E-state index in [0.29, 0.717) is 5.41 Å². The fourth-order valence-corrected chi connectivity index (χ4v) is 5.56. The Morgan fingerprint density at radius 2 is 1.93 bits per heavy atom. The highest BCUT2D eigenvalue weighted by Gasteiger charge is 2.41. The van der Waals surface area contributed by atoms with Crippen molar-refractivity contribution in [2.75, 3.05) is 60.0 Å². The lowest BCUT2D eigenvalue weighted by Crippen LogP contribution is -2.47. The first-order valence-electron chi connectivity index (χ1n) is 11.9. The molecule has 1 aliphatic carbocycles. The summed E-state index contributed by atoms with van der Waals surface area (Å²) in [6.45, 7) is 9.53. The molecule has 2 aliphatic heterocycles. The monoisotopic (exact) mass is 399 g/mol. The summed E-state index contributed by atoms with van der Waals surface area (Å²) in [7, 11) is 4.23. The van der Waals surface area contributed by atoms with E-state index in [9.17, 15) is 0 Å². The molecular weight excluding hydrogens is 358 g/mol. The smallest absolute Gasteiger partial charge is 0.119 e. The molecule has 29 heavy (non-hydrogen) atoms. The quantitative estimate of drug-likeness (QED) is 0.582. The van der Waals surface area contributed by atoms with Crippen molar-refractivity contribution in [2.45, 2.75) is 51.5 Å². The van der Waals surface area contributed by atoms with E-state index in [1.54, 1.807) is 0 Å². The van der Waals surface area contributed by atoms with Gasteiger partial charge in [-0.2, -0.15) is 0 Å². The Labute approximate surface area is 178 Å². The molecule has 4 nitrogen and oxygen atoms in total. The molecule has 1 unspecified atom stereocenters. The van der Waals surface area contributed by atoms with E-state index >= 15 is 0 Å². The molecule has 0 bridgehead atoms. The topological polar surface area (TPSA) is 19.0 Å². The molecule has 1 aromatic rings. The van der Waals surface area contributed by atoms with E-state index in [4.69, 9.17) is 4.74 Å². The number of likely N-dealkylation sites (tertiary alicyclic amines) is 2. The minimum absolute atomic E-state index is 0.558. The van der Waals surface area contributed by atoms with E-state index in [0.717, 1.165) is 37.8 Å². The third-order valence-electron chi connectivity index (χ3n) is 7.32. The highest BCUT2D eigenvalue weighted by Crippen LogP contribution is 2.40. The van der Waals surface area contributed by atoms with Crippen LogP contribution in [0.3, 0.4) is 0 Å². The number of hydrogen-bond donors (Lipinski definition) is 0. The maximum absolute atomic E-state index is 5.99. The first kappa shape index (κ1) is 21.1. The van der Waals surface area contributed by atoms with Gasteiger partial charge in [-0.1, -0.05) is 18.6 Å². The molecule has 2 heterocycles. The van der Waals surface area contributed by atoms with Crippen LogP contribution in [0, 0.1) is 11.3 Å². The lowest BCUT2D eigenvalue weighted by Gasteiger charge is -2.43. The van der Waals surface area contributed by atoms with Crippen LogP contribution in [0.25, 0.3) is 0 Å². The van der Waals surface area contributed by atoms with E-state index < -0.39 is 0 Å². The van der Waals surface area contributed by atoms with Crippen LogP contribution >= 0.6 is 0 Å². The highest BCUT2D eigenvalue weighted by atomic mass is 16.5. The number of hydrogen-bond acceptors (Lipinski definition) is 4. The van der Waals surface area contributed by atoms with Crippen molar-refractivity contribution in [2.24, 2.45) is 11.3 Å². The predicted octanol–water partition coefficient (Wildman–Crippen LogP) is 4.11. The summed E-state index contributed by atoms with van der Waals surface area (Å²) in [6.07, 6.45) is 9.71. The second-order valence-electron chi connectivity index (χ2n) is 10.2. The summed E-state index contributed by atoms with van der Waals surface area (Å²) in [6, 6.07) is 8.78. The average Bonchev–Trinajstić information content (AvgIpc) is 3.04. The molecule has 0 N–H and O–H groups in total. The molecule has 4 heteroatoms. The van der Waals surface area contributed by atoms with Gasteiger partial charge >= 0.3 is 0 Å². The van der Waals surface area contributed by atoms with Crippen molar-refractivity contribution in [3.8, 4) is 5.75 Å². The highest BCUT2D eigenvalue weighted by molar-refractivity contribution is 5.28. The van der Waals surface area contributed by atoms with Gasteiger partial charge in [-0.25, -0.2) is 0 Å². The summed E-state index contributed by atoms with van der Waals surface area (Å²) in [4.78, 5) is 7.71. The molecule has 1 atom stereocenters. The lowest BCUT2D eigenvalue weighted by atomic mass is 9.78. The van der Waals surface area contributed by atoms with Crippen molar-refractivity contribution in [1.82, 2.24) is 14.7 Å². The number of rotatable bonds is 9. The summed E-state index contributed by atoms with van der Waals surface area (Å²) in [5.41, 5.74) is 1.96. The van der Waals surface area contributed by atoms with E-state index in [2.05, 4.69) is 53.1 Å². The largest absolute Gasteiger partial charge is 0.494 e. The van der Waals surface area contributed by atoms with Crippen molar-refractivity contribution in [3.05, 3.63) is 29.8 Å². The van der Waals surface area contributed by atoms with Crippen LogP contribution < -0.4 is 4.74 Å². The third-order valence-corrected chi connectivity index (χ3v) is 7.32. The van der Waals surface area contributed by atoms with Gasteiger partial charge in [-0.15, -0.1) is 0 Å². The van der Waals surface area contributed by atoms with Gasteiger partial charge in [-0.05, 0) is 94.7 Å². The van der Waals surface area contributed by atoms with Crippen LogP contribution in [-0.2, 0) is 6.54 Å². The summed E-state index contributed by atoms with van der Waals surface area (Å²) in [5.74, 6) is 2.03. The van der Waals surface area contributed by atoms with E-state index in [-0.39, 0.29) is 0 Å². The normalized spacial score (nSPS) is 26.3. The molecule has 0 amide bonds. The van der Waals surface area contributed by atoms with Crippen molar-refractivity contribution >= 4 is 0 Å². The first-order chi connectivity index (χ1) is 14.1. The zero-order valence-corrected chi connectivity index (χ0v) is 18.7. The number of benzene rings is 1. The molecule has 1 aromatic carbocycles. The first-order valence-corrected chi connectivity index (χ1v) is 11.9. The second-order valence-corrected chi connectivity index (χ2v) is 10.2. The molecule has 3 aliphatic rings. The van der Waals surface area contributed by atoms with Gasteiger partial charge < -0.3 is 14.5 Å². The van der Waals surface area contributed by atoms with Crippen LogP contribution in [0.15, 0.2) is 24.3 Å². The zero-order valence-electron chi connectivity index (χ0n) is 18.7. The van der Waals surface area contributed by atoms with E-state index in [1.165, 1.54) is 76.8 Å². The Bertz CT molecular complexity index is 645. The Balaban J connectivity index is 1.25. The average molecular weight is 400 g/mol. The fraction of sp³-hybridized carbons (Fsp3) is 0.760. The van der Waals surface area contributed by atoms with Crippen LogP contribution in [0.4, 0.5) is 0 Å². The van der Waals surface area contributed by atoms with Gasteiger partial charge in [0.15, 0.2) is 0 Å². The molecule has 0 radical (unpaired) electrons. The van der Waals surface area contributed by atoms with Gasteiger partial charge in [0.25, 0.3) is 0 Å². The third kappa shape index (κ3) is 5.96. The lowest BCUT2D eigenvalue weighted by molar-refractivity contribution is 0.0668. The van der Waals surface area contributed by atoms with Gasteiger partial charge in [0.05, 0.1) is 6.61 Å². The Morgan fingerprint density at radius 1 is 1.07 bits per heavy atom. The molecular formula is C25H41N3O. The molecule has 1 spiro atoms. The van der Waals surface area contributed by atoms with Crippen molar-refractivity contribution < 1.29 is 4.74 Å². The number of nitrogens with zero attached hydrogens (tertiary/aromatic N) is 3. The Morgan fingerprint density at radius 3 is 2.72 bits per heavy atom. The minimum atomic E-state index is 0.558. The number of ether oxygens (including phenoxy) is 1.